The number of nitrogens with two attached hydrogens (primary N) is 1. The average Bonchev–Trinajstić information content (AvgIpc) is 2.49. The van der Waals surface area contributed by atoms with Crippen LogP contribution in [0.5, 0.6) is 5.75 Å². The predicted octanol–water partition coefficient (Wildman–Crippen LogP) is 1.90. The van der Waals surface area contributed by atoms with Crippen molar-refractivity contribution in [3.8, 4) is 5.75 Å². The maximum Gasteiger partial charge on any atom is 0.119 e. The summed E-state index contributed by atoms with van der Waals surface area (Å²) >= 11 is 0. The largest absolute Gasteiger partial charge is 0.508 e. The number of hydrogen-bond acceptors (Lipinski definition) is 2. The Morgan fingerprint density at radius 3 is 3.00 bits per heavy atom. The second kappa shape index (κ2) is 3.04. The lowest BCUT2D eigenvalue weighted by molar-refractivity contribution is 0.467. The molecule has 2 rings (SSSR count). The molecule has 0 unspecified atom stereocenters. The first-order valence-corrected chi connectivity index (χ1v) is 4.83. The van der Waals surface area contributed by atoms with Crippen LogP contribution in [0.15, 0.2) is 12.1 Å². The van der Waals surface area contributed by atoms with Crippen molar-refractivity contribution in [1.29, 1.82) is 0 Å². The van der Waals surface area contributed by atoms with Crippen LogP contribution in [0.25, 0.3) is 0 Å². The number of rotatable bonds is 1. The topological polar surface area (TPSA) is 46.2 Å². The third-order valence-corrected chi connectivity index (χ3v) is 2.87. The molecule has 0 amide bonds. The molecule has 0 bridgehead atoms. The van der Waals surface area contributed by atoms with E-state index in [9.17, 15) is 5.11 Å². The molecule has 0 radical (unpaired) electrons. The zero-order chi connectivity index (χ0) is 9.42. The average molecular weight is 177 g/mol. The maximum atomic E-state index is 9.64. The summed E-state index contributed by atoms with van der Waals surface area (Å²) in [6.07, 6.45) is 2.94. The van der Waals surface area contributed by atoms with Crippen LogP contribution < -0.4 is 5.73 Å². The molecule has 0 aromatic heterocycles. The van der Waals surface area contributed by atoms with Crippen molar-refractivity contribution in [2.24, 2.45) is 5.73 Å². The van der Waals surface area contributed by atoms with Crippen LogP contribution in [0.4, 0.5) is 0 Å². The van der Waals surface area contributed by atoms with E-state index < -0.39 is 0 Å². The Kier molecular flexibility index (Phi) is 2.00. The minimum atomic E-state index is 0.136. The summed E-state index contributed by atoms with van der Waals surface area (Å²) in [6, 6.07) is 3.92. The number of phenolic OH excluding ortho intramolecular Hbond substituents is 1. The molecular formula is C11H15NO. The van der Waals surface area contributed by atoms with E-state index in [2.05, 4.69) is 6.92 Å². The van der Waals surface area contributed by atoms with Gasteiger partial charge in [-0.2, -0.15) is 0 Å². The van der Waals surface area contributed by atoms with Gasteiger partial charge in [0.05, 0.1) is 0 Å². The van der Waals surface area contributed by atoms with Crippen LogP contribution in [0.2, 0.25) is 0 Å². The summed E-state index contributed by atoms with van der Waals surface area (Å²) in [5.41, 5.74) is 9.54. The van der Waals surface area contributed by atoms with Gasteiger partial charge in [-0.15, -0.1) is 0 Å². The minimum Gasteiger partial charge on any atom is -0.508 e. The standard InChI is InChI=1S/C11H15NO/c1-2-8-10(13)6-4-7-3-5-9(12)11(7)8/h4,6,9,13H,2-3,5,12H2,1H3/t9-/m0/s1. The summed E-state index contributed by atoms with van der Waals surface area (Å²) in [7, 11) is 0. The van der Waals surface area contributed by atoms with E-state index >= 15 is 0 Å². The van der Waals surface area contributed by atoms with E-state index in [-0.39, 0.29) is 6.04 Å². The number of aryl methyl sites for hydroxylation is 1. The van der Waals surface area contributed by atoms with Crippen molar-refractivity contribution in [2.75, 3.05) is 0 Å². The third-order valence-electron chi connectivity index (χ3n) is 2.87. The van der Waals surface area contributed by atoms with Gasteiger partial charge < -0.3 is 10.8 Å². The van der Waals surface area contributed by atoms with Crippen LogP contribution in [0, 0.1) is 0 Å². The number of aromatic hydroxyl groups is 1. The van der Waals surface area contributed by atoms with E-state index in [0.717, 1.165) is 24.8 Å². The molecule has 1 aromatic carbocycles. The SMILES string of the molecule is CCc1c(O)ccc2c1[C@@H](N)CC2. The highest BCUT2D eigenvalue weighted by Crippen LogP contribution is 2.36. The molecule has 0 fully saturated rings. The molecule has 1 aliphatic rings. The lowest BCUT2D eigenvalue weighted by Gasteiger charge is -2.12. The molecular weight excluding hydrogens is 162 g/mol. The van der Waals surface area contributed by atoms with Gasteiger partial charge in [-0.25, -0.2) is 0 Å². The smallest absolute Gasteiger partial charge is 0.119 e. The Morgan fingerprint density at radius 2 is 2.31 bits per heavy atom. The molecule has 2 nitrogen and oxygen atoms in total. The Balaban J connectivity index is 2.60. The molecule has 3 N–H and O–H groups in total. The van der Waals surface area contributed by atoms with Gasteiger partial charge in [0.25, 0.3) is 0 Å². The molecule has 2 heteroatoms. The molecule has 0 aliphatic heterocycles. The Hall–Kier alpha value is -1.02. The van der Waals surface area contributed by atoms with E-state index in [1.54, 1.807) is 6.07 Å². The number of phenols is 1. The van der Waals surface area contributed by atoms with Gasteiger partial charge in [0.2, 0.25) is 0 Å². The van der Waals surface area contributed by atoms with Gasteiger partial charge in [0.1, 0.15) is 5.75 Å². The lowest BCUT2D eigenvalue weighted by atomic mass is 9.98. The summed E-state index contributed by atoms with van der Waals surface area (Å²) in [5.74, 6) is 0.401. The van der Waals surface area contributed by atoms with Gasteiger partial charge in [0.15, 0.2) is 0 Å². The molecule has 1 aliphatic carbocycles. The molecule has 1 atom stereocenters. The molecule has 0 heterocycles. The van der Waals surface area contributed by atoms with Crippen molar-refractivity contribution >= 4 is 0 Å². The number of fused-ring (bicyclic) bond motifs is 1. The summed E-state index contributed by atoms with van der Waals surface area (Å²) in [6.45, 7) is 2.06. The fourth-order valence-electron chi connectivity index (χ4n) is 2.21. The van der Waals surface area contributed by atoms with Gasteiger partial charge in [-0.05, 0) is 42.0 Å². The quantitative estimate of drug-likeness (QED) is 0.688. The van der Waals surface area contributed by atoms with Crippen LogP contribution in [0.3, 0.4) is 0 Å². The first-order valence-electron chi connectivity index (χ1n) is 4.83. The Bertz CT molecular complexity index is 333. The zero-order valence-electron chi connectivity index (χ0n) is 7.88. The van der Waals surface area contributed by atoms with E-state index in [1.165, 1.54) is 11.1 Å². The molecule has 1 aromatic rings. The Morgan fingerprint density at radius 1 is 1.54 bits per heavy atom. The first kappa shape index (κ1) is 8.57. The molecule has 13 heavy (non-hydrogen) atoms. The zero-order valence-corrected chi connectivity index (χ0v) is 7.88. The highest BCUT2D eigenvalue weighted by molar-refractivity contribution is 5.48. The van der Waals surface area contributed by atoms with Crippen LogP contribution in [-0.4, -0.2) is 5.11 Å². The van der Waals surface area contributed by atoms with Gasteiger partial charge in [-0.3, -0.25) is 0 Å². The molecule has 0 spiro atoms. The summed E-state index contributed by atoms with van der Waals surface area (Å²) < 4.78 is 0. The third kappa shape index (κ3) is 1.22. The van der Waals surface area contributed by atoms with Gasteiger partial charge in [-0.1, -0.05) is 13.0 Å². The fourth-order valence-corrected chi connectivity index (χ4v) is 2.21. The Labute approximate surface area is 78.4 Å². The highest BCUT2D eigenvalue weighted by atomic mass is 16.3. The van der Waals surface area contributed by atoms with Crippen molar-refractivity contribution in [3.63, 3.8) is 0 Å². The minimum absolute atomic E-state index is 0.136. The van der Waals surface area contributed by atoms with Crippen molar-refractivity contribution in [3.05, 3.63) is 28.8 Å². The van der Waals surface area contributed by atoms with Crippen molar-refractivity contribution in [1.82, 2.24) is 0 Å². The van der Waals surface area contributed by atoms with Crippen LogP contribution in [-0.2, 0) is 12.8 Å². The van der Waals surface area contributed by atoms with Crippen LogP contribution in [0.1, 0.15) is 36.1 Å². The molecule has 70 valence electrons. The normalized spacial score (nSPS) is 20.3. The summed E-state index contributed by atoms with van der Waals surface area (Å²) in [4.78, 5) is 0. The fraction of sp³-hybridized carbons (Fsp3) is 0.455. The summed E-state index contributed by atoms with van der Waals surface area (Å²) in [5, 5.41) is 9.64. The van der Waals surface area contributed by atoms with E-state index in [0.29, 0.717) is 5.75 Å². The van der Waals surface area contributed by atoms with Crippen LogP contribution >= 0.6 is 0 Å². The molecule has 0 saturated heterocycles. The van der Waals surface area contributed by atoms with Crippen molar-refractivity contribution < 1.29 is 5.11 Å². The lowest BCUT2D eigenvalue weighted by Crippen LogP contribution is -2.08. The number of benzene rings is 1. The second-order valence-electron chi connectivity index (χ2n) is 3.63. The number of hydrogen-bond donors (Lipinski definition) is 2. The second-order valence-corrected chi connectivity index (χ2v) is 3.63. The maximum absolute atomic E-state index is 9.64. The predicted molar refractivity (Wildman–Crippen MR) is 52.7 cm³/mol. The molecule has 0 saturated carbocycles. The van der Waals surface area contributed by atoms with E-state index in [4.69, 9.17) is 5.73 Å². The monoisotopic (exact) mass is 177 g/mol. The first-order chi connectivity index (χ1) is 6.24. The van der Waals surface area contributed by atoms with E-state index in [1.807, 2.05) is 6.07 Å². The van der Waals surface area contributed by atoms with Gasteiger partial charge >= 0.3 is 0 Å². The highest BCUT2D eigenvalue weighted by Gasteiger charge is 2.23. The van der Waals surface area contributed by atoms with Gasteiger partial charge in [0, 0.05) is 6.04 Å². The van der Waals surface area contributed by atoms with Crippen molar-refractivity contribution in [2.45, 2.75) is 32.2 Å².